The molecule has 3 aromatic rings. The number of fused-ring (bicyclic) bond motifs is 1. The number of pyridine rings is 1. The van der Waals surface area contributed by atoms with Crippen LogP contribution < -0.4 is 24.5 Å². The summed E-state index contributed by atoms with van der Waals surface area (Å²) < 4.78 is 23.7. The first-order valence-electron chi connectivity index (χ1n) is 10.8. The first kappa shape index (κ1) is 22.5. The van der Waals surface area contributed by atoms with Crippen LogP contribution in [0.4, 0.5) is 0 Å². The summed E-state index contributed by atoms with van der Waals surface area (Å²) in [4.78, 5) is 25.2. The van der Waals surface area contributed by atoms with E-state index in [2.05, 4.69) is 0 Å². The summed E-state index contributed by atoms with van der Waals surface area (Å²) >= 11 is 0. The number of methoxy groups -OCH3 is 2. The van der Waals surface area contributed by atoms with Crippen LogP contribution in [0.15, 0.2) is 53.3 Å². The molecule has 0 aliphatic carbocycles. The molecule has 1 aliphatic heterocycles. The molecule has 172 valence electrons. The number of esters is 1. The maximum Gasteiger partial charge on any atom is 0.312 e. The molecule has 0 bridgehead atoms. The predicted octanol–water partition coefficient (Wildman–Crippen LogP) is 3.77. The number of aryl methyl sites for hydroxylation is 1. The molecule has 0 saturated heterocycles. The number of hydrogen-bond acceptors (Lipinski definition) is 6. The molecule has 2 aromatic carbocycles. The molecule has 0 N–H and O–H groups in total. The molecule has 4 rings (SSSR count). The summed E-state index contributed by atoms with van der Waals surface area (Å²) in [5, 5.41) is 0. The van der Waals surface area contributed by atoms with Crippen molar-refractivity contribution < 1.29 is 23.7 Å². The lowest BCUT2D eigenvalue weighted by Gasteiger charge is -2.26. The standard InChI is InChI=1S/C26H27NO6/c1-16-13-23-25(26(29)27(16)2)20(15-24(28)33-23)18-7-10-21(22(14-18)31-4)32-12-11-17-5-8-19(30-3)9-6-17/h5-10,13-14,20H,11-12,15H2,1-4H3/t20-/m0/s1. The molecule has 0 unspecified atom stereocenters. The normalized spacial score (nSPS) is 14.9. The summed E-state index contributed by atoms with van der Waals surface area (Å²) in [5.41, 5.74) is 2.98. The Balaban J connectivity index is 1.56. The number of benzene rings is 2. The highest BCUT2D eigenvalue weighted by Gasteiger charge is 2.32. The average molecular weight is 450 g/mol. The highest BCUT2D eigenvalue weighted by molar-refractivity contribution is 5.77. The van der Waals surface area contributed by atoms with Gasteiger partial charge in [-0.15, -0.1) is 0 Å². The third kappa shape index (κ3) is 4.58. The molecule has 1 aliphatic rings. The van der Waals surface area contributed by atoms with Crippen LogP contribution in [0, 0.1) is 6.92 Å². The molecule has 0 spiro atoms. The molecular weight excluding hydrogens is 422 g/mol. The minimum absolute atomic E-state index is 0.0894. The molecule has 1 aromatic heterocycles. The molecule has 0 saturated carbocycles. The smallest absolute Gasteiger partial charge is 0.312 e. The van der Waals surface area contributed by atoms with Gasteiger partial charge in [0.05, 0.1) is 32.8 Å². The maximum absolute atomic E-state index is 13.0. The summed E-state index contributed by atoms with van der Waals surface area (Å²) in [7, 11) is 4.93. The quantitative estimate of drug-likeness (QED) is 0.511. The fourth-order valence-electron chi connectivity index (χ4n) is 4.02. The van der Waals surface area contributed by atoms with Gasteiger partial charge in [-0.3, -0.25) is 9.59 Å². The van der Waals surface area contributed by atoms with Crippen LogP contribution in [0.1, 0.15) is 34.7 Å². The van der Waals surface area contributed by atoms with E-state index >= 15 is 0 Å². The van der Waals surface area contributed by atoms with Crippen molar-refractivity contribution in [2.75, 3.05) is 20.8 Å². The minimum Gasteiger partial charge on any atom is -0.497 e. The van der Waals surface area contributed by atoms with E-state index in [1.54, 1.807) is 38.8 Å². The number of hydrogen-bond donors (Lipinski definition) is 0. The second-order valence-corrected chi connectivity index (χ2v) is 8.02. The van der Waals surface area contributed by atoms with Gasteiger partial charge in [-0.05, 0) is 42.3 Å². The number of aromatic nitrogens is 1. The Bertz CT molecular complexity index is 1230. The Labute approximate surface area is 192 Å². The largest absolute Gasteiger partial charge is 0.497 e. The third-order valence-corrected chi connectivity index (χ3v) is 6.01. The lowest BCUT2D eigenvalue weighted by atomic mass is 9.86. The van der Waals surface area contributed by atoms with E-state index in [0.717, 1.165) is 29.0 Å². The van der Waals surface area contributed by atoms with E-state index in [-0.39, 0.29) is 17.9 Å². The Morgan fingerprint density at radius 3 is 2.45 bits per heavy atom. The Morgan fingerprint density at radius 2 is 1.76 bits per heavy atom. The van der Waals surface area contributed by atoms with Crippen LogP contribution in [0.2, 0.25) is 0 Å². The zero-order valence-electron chi connectivity index (χ0n) is 19.2. The summed E-state index contributed by atoms with van der Waals surface area (Å²) in [6.45, 7) is 2.28. The summed E-state index contributed by atoms with van der Waals surface area (Å²) in [6, 6.07) is 15.1. The van der Waals surface area contributed by atoms with Crippen molar-refractivity contribution in [3.05, 3.63) is 81.3 Å². The third-order valence-electron chi connectivity index (χ3n) is 6.01. The van der Waals surface area contributed by atoms with Crippen molar-refractivity contribution in [3.8, 4) is 23.0 Å². The first-order chi connectivity index (χ1) is 15.9. The second kappa shape index (κ2) is 9.40. The average Bonchev–Trinajstić information content (AvgIpc) is 2.82. The summed E-state index contributed by atoms with van der Waals surface area (Å²) in [6.07, 6.45) is 0.818. The fourth-order valence-corrected chi connectivity index (χ4v) is 4.02. The van der Waals surface area contributed by atoms with Crippen LogP contribution in [0.3, 0.4) is 0 Å². The van der Waals surface area contributed by atoms with E-state index in [1.807, 2.05) is 42.5 Å². The predicted molar refractivity (Wildman–Crippen MR) is 124 cm³/mol. The molecule has 0 fully saturated rings. The number of carbonyl (C=O) groups is 1. The van der Waals surface area contributed by atoms with Crippen LogP contribution in [0.5, 0.6) is 23.0 Å². The van der Waals surface area contributed by atoms with Gasteiger partial charge in [0.15, 0.2) is 11.5 Å². The number of ether oxygens (including phenoxy) is 4. The zero-order valence-corrected chi connectivity index (χ0v) is 19.2. The lowest BCUT2D eigenvalue weighted by Crippen LogP contribution is -2.32. The number of rotatable bonds is 7. The SMILES string of the molecule is COc1ccc(CCOc2ccc([C@@H]3CC(=O)Oc4cc(C)n(C)c(=O)c43)cc2OC)cc1. The van der Waals surface area contributed by atoms with Gasteiger partial charge in [0, 0.05) is 31.1 Å². The van der Waals surface area contributed by atoms with Crippen molar-refractivity contribution in [2.24, 2.45) is 7.05 Å². The molecule has 1 atom stereocenters. The fraction of sp³-hybridized carbons (Fsp3) is 0.308. The van der Waals surface area contributed by atoms with Crippen molar-refractivity contribution >= 4 is 5.97 Å². The highest BCUT2D eigenvalue weighted by atomic mass is 16.5. The monoisotopic (exact) mass is 449 g/mol. The van der Waals surface area contributed by atoms with Gasteiger partial charge in [0.2, 0.25) is 0 Å². The number of carbonyl (C=O) groups excluding carboxylic acids is 1. The Morgan fingerprint density at radius 1 is 1.00 bits per heavy atom. The van der Waals surface area contributed by atoms with E-state index < -0.39 is 5.92 Å². The minimum atomic E-state index is -0.414. The second-order valence-electron chi connectivity index (χ2n) is 8.02. The molecule has 2 heterocycles. The van der Waals surface area contributed by atoms with Gasteiger partial charge in [0.25, 0.3) is 5.56 Å². The molecule has 0 radical (unpaired) electrons. The van der Waals surface area contributed by atoms with Crippen molar-refractivity contribution in [1.29, 1.82) is 0 Å². The molecule has 33 heavy (non-hydrogen) atoms. The zero-order chi connectivity index (χ0) is 23.5. The van der Waals surface area contributed by atoms with Crippen molar-refractivity contribution in [3.63, 3.8) is 0 Å². The van der Waals surface area contributed by atoms with Crippen LogP contribution in [-0.2, 0) is 18.3 Å². The van der Waals surface area contributed by atoms with Crippen LogP contribution >= 0.6 is 0 Å². The highest BCUT2D eigenvalue weighted by Crippen LogP contribution is 2.40. The van der Waals surface area contributed by atoms with E-state index in [1.165, 1.54) is 0 Å². The van der Waals surface area contributed by atoms with Crippen LogP contribution in [-0.4, -0.2) is 31.4 Å². The topological polar surface area (TPSA) is 76.0 Å². The van der Waals surface area contributed by atoms with Gasteiger partial charge in [-0.1, -0.05) is 18.2 Å². The van der Waals surface area contributed by atoms with Crippen molar-refractivity contribution in [1.82, 2.24) is 4.57 Å². The van der Waals surface area contributed by atoms with Gasteiger partial charge in [0.1, 0.15) is 11.5 Å². The van der Waals surface area contributed by atoms with Gasteiger partial charge >= 0.3 is 5.97 Å². The summed E-state index contributed by atoms with van der Waals surface area (Å²) in [5.74, 6) is 1.52. The van der Waals surface area contributed by atoms with Crippen molar-refractivity contribution in [2.45, 2.75) is 25.7 Å². The lowest BCUT2D eigenvalue weighted by molar-refractivity contribution is -0.135. The van der Waals surface area contributed by atoms with E-state index in [4.69, 9.17) is 18.9 Å². The molecule has 0 amide bonds. The van der Waals surface area contributed by atoms with Crippen LogP contribution in [0.25, 0.3) is 0 Å². The first-order valence-corrected chi connectivity index (χ1v) is 10.8. The Hall–Kier alpha value is -3.74. The molecule has 7 heteroatoms. The van der Waals surface area contributed by atoms with Gasteiger partial charge < -0.3 is 23.5 Å². The molecular formula is C26H27NO6. The van der Waals surface area contributed by atoms with Gasteiger partial charge in [-0.25, -0.2) is 0 Å². The molecule has 7 nitrogen and oxygen atoms in total. The van der Waals surface area contributed by atoms with Gasteiger partial charge in [-0.2, -0.15) is 0 Å². The number of nitrogens with zero attached hydrogens (tertiary/aromatic N) is 1. The van der Waals surface area contributed by atoms with E-state index in [0.29, 0.717) is 29.4 Å². The van der Waals surface area contributed by atoms with E-state index in [9.17, 15) is 9.59 Å². The Kier molecular flexibility index (Phi) is 6.40. The maximum atomic E-state index is 13.0.